The van der Waals surface area contributed by atoms with Crippen molar-refractivity contribution in [3.05, 3.63) is 49.6 Å². The summed E-state index contributed by atoms with van der Waals surface area (Å²) in [4.78, 5) is 13.8. The van der Waals surface area contributed by atoms with E-state index in [0.29, 0.717) is 16.3 Å². The second kappa shape index (κ2) is 5.87. The monoisotopic (exact) mass is 340 g/mol. The summed E-state index contributed by atoms with van der Waals surface area (Å²) in [6.45, 7) is 0. The standard InChI is InChI=1S/C15H14Cl2N2OS/c16-10-6-8(7-11(18)14(10)17)15(20)19-12-2-1-3-13-9(12)4-5-21-13/h4-7,12H,1-3,18H2,(H,19,20). The zero-order valence-corrected chi connectivity index (χ0v) is 13.5. The zero-order valence-electron chi connectivity index (χ0n) is 11.2. The van der Waals surface area contributed by atoms with Gasteiger partial charge in [-0.05, 0) is 48.4 Å². The first-order chi connectivity index (χ1) is 10.1. The number of anilines is 1. The van der Waals surface area contributed by atoms with Gasteiger partial charge in [0.2, 0.25) is 0 Å². The van der Waals surface area contributed by atoms with Crippen molar-refractivity contribution in [1.29, 1.82) is 0 Å². The van der Waals surface area contributed by atoms with E-state index in [1.807, 2.05) is 0 Å². The Morgan fingerprint density at radius 1 is 1.38 bits per heavy atom. The van der Waals surface area contributed by atoms with E-state index in [0.717, 1.165) is 19.3 Å². The van der Waals surface area contributed by atoms with Crippen LogP contribution >= 0.6 is 34.5 Å². The van der Waals surface area contributed by atoms with Crippen LogP contribution in [0, 0.1) is 0 Å². The molecule has 3 N–H and O–H groups in total. The number of carbonyl (C=O) groups is 1. The van der Waals surface area contributed by atoms with Crippen LogP contribution < -0.4 is 11.1 Å². The Kier molecular flexibility index (Phi) is 4.11. The summed E-state index contributed by atoms with van der Waals surface area (Å²) < 4.78 is 0. The fourth-order valence-electron chi connectivity index (χ4n) is 2.62. The van der Waals surface area contributed by atoms with Crippen LogP contribution in [-0.2, 0) is 6.42 Å². The third-order valence-electron chi connectivity index (χ3n) is 3.68. The number of hydrogen-bond donors (Lipinski definition) is 2. The van der Waals surface area contributed by atoms with Crippen molar-refractivity contribution in [3.8, 4) is 0 Å². The maximum Gasteiger partial charge on any atom is 0.251 e. The van der Waals surface area contributed by atoms with Gasteiger partial charge in [-0.15, -0.1) is 11.3 Å². The molecule has 0 radical (unpaired) electrons. The minimum atomic E-state index is -0.177. The second-order valence-corrected chi connectivity index (χ2v) is 6.86. The van der Waals surface area contributed by atoms with Crippen molar-refractivity contribution in [1.82, 2.24) is 5.32 Å². The van der Waals surface area contributed by atoms with Crippen molar-refractivity contribution in [3.63, 3.8) is 0 Å². The van der Waals surface area contributed by atoms with Gasteiger partial charge in [0, 0.05) is 10.4 Å². The smallest absolute Gasteiger partial charge is 0.251 e. The van der Waals surface area contributed by atoms with Gasteiger partial charge in [0.15, 0.2) is 0 Å². The molecule has 0 spiro atoms. The van der Waals surface area contributed by atoms with Crippen LogP contribution in [0.2, 0.25) is 10.0 Å². The molecule has 1 unspecified atom stereocenters. The number of rotatable bonds is 2. The number of hydrogen-bond acceptors (Lipinski definition) is 3. The van der Waals surface area contributed by atoms with E-state index in [9.17, 15) is 4.79 Å². The van der Waals surface area contributed by atoms with Gasteiger partial charge in [-0.25, -0.2) is 0 Å². The number of benzene rings is 1. The van der Waals surface area contributed by atoms with Crippen LogP contribution in [0.5, 0.6) is 0 Å². The van der Waals surface area contributed by atoms with Crippen LogP contribution in [0.15, 0.2) is 23.6 Å². The summed E-state index contributed by atoms with van der Waals surface area (Å²) in [7, 11) is 0. The molecule has 1 amide bonds. The van der Waals surface area contributed by atoms with E-state index < -0.39 is 0 Å². The van der Waals surface area contributed by atoms with Gasteiger partial charge >= 0.3 is 0 Å². The molecule has 3 rings (SSSR count). The summed E-state index contributed by atoms with van der Waals surface area (Å²) in [5.41, 5.74) is 7.74. The summed E-state index contributed by atoms with van der Waals surface area (Å²) in [5.74, 6) is -0.177. The first-order valence-electron chi connectivity index (χ1n) is 6.68. The van der Waals surface area contributed by atoms with Gasteiger partial charge in [-0.2, -0.15) is 0 Å². The lowest BCUT2D eigenvalue weighted by Crippen LogP contribution is -2.30. The molecule has 0 bridgehead atoms. The number of amides is 1. The number of carbonyl (C=O) groups excluding carboxylic acids is 1. The predicted octanol–water partition coefficient (Wildman–Crippen LogP) is 4.44. The molecule has 3 nitrogen and oxygen atoms in total. The molecule has 0 fully saturated rings. The molecule has 110 valence electrons. The van der Waals surface area contributed by atoms with E-state index in [2.05, 4.69) is 16.8 Å². The molecule has 0 saturated carbocycles. The van der Waals surface area contributed by atoms with E-state index in [4.69, 9.17) is 28.9 Å². The highest BCUT2D eigenvalue weighted by Crippen LogP contribution is 2.34. The molecule has 1 heterocycles. The minimum Gasteiger partial charge on any atom is -0.397 e. The Hall–Kier alpha value is -1.23. The molecule has 1 aromatic carbocycles. The first-order valence-corrected chi connectivity index (χ1v) is 8.31. The highest BCUT2D eigenvalue weighted by molar-refractivity contribution is 7.10. The average Bonchev–Trinajstić information content (AvgIpc) is 2.93. The molecule has 1 aromatic heterocycles. The molecule has 1 aliphatic carbocycles. The maximum atomic E-state index is 12.4. The number of thiophene rings is 1. The fraction of sp³-hybridized carbons (Fsp3) is 0.267. The van der Waals surface area contributed by atoms with Crippen LogP contribution in [0.4, 0.5) is 5.69 Å². The summed E-state index contributed by atoms with van der Waals surface area (Å²) in [6, 6.07) is 5.25. The van der Waals surface area contributed by atoms with Crippen molar-refractivity contribution in [2.45, 2.75) is 25.3 Å². The summed E-state index contributed by atoms with van der Waals surface area (Å²) in [6.07, 6.45) is 3.13. The highest BCUT2D eigenvalue weighted by atomic mass is 35.5. The minimum absolute atomic E-state index is 0.0585. The van der Waals surface area contributed by atoms with E-state index in [1.54, 1.807) is 23.5 Å². The van der Waals surface area contributed by atoms with E-state index in [-0.39, 0.29) is 17.0 Å². The van der Waals surface area contributed by atoms with Crippen molar-refractivity contribution >= 4 is 46.1 Å². The Labute approximate surface area is 137 Å². The Morgan fingerprint density at radius 3 is 2.95 bits per heavy atom. The lowest BCUT2D eigenvalue weighted by atomic mass is 9.94. The third-order valence-corrected chi connectivity index (χ3v) is 5.49. The van der Waals surface area contributed by atoms with Crippen molar-refractivity contribution in [2.24, 2.45) is 0 Å². The van der Waals surface area contributed by atoms with Crippen LogP contribution in [0.1, 0.15) is 39.7 Å². The topological polar surface area (TPSA) is 55.1 Å². The van der Waals surface area contributed by atoms with Gasteiger partial charge in [0.1, 0.15) is 0 Å². The number of halogens is 2. The Balaban J connectivity index is 1.82. The third kappa shape index (κ3) is 2.89. The highest BCUT2D eigenvalue weighted by Gasteiger charge is 2.23. The fourth-order valence-corrected chi connectivity index (χ4v) is 3.94. The van der Waals surface area contributed by atoms with E-state index >= 15 is 0 Å². The van der Waals surface area contributed by atoms with Crippen LogP contribution in [0.3, 0.4) is 0 Å². The second-order valence-electron chi connectivity index (χ2n) is 5.08. The van der Waals surface area contributed by atoms with E-state index in [1.165, 1.54) is 10.4 Å². The van der Waals surface area contributed by atoms with Gasteiger partial charge in [-0.3, -0.25) is 4.79 Å². The van der Waals surface area contributed by atoms with Crippen molar-refractivity contribution < 1.29 is 4.79 Å². The molecular formula is C15H14Cl2N2OS. The molecule has 0 saturated heterocycles. The quantitative estimate of drug-likeness (QED) is 0.793. The predicted molar refractivity (Wildman–Crippen MR) is 88.3 cm³/mol. The van der Waals surface area contributed by atoms with Crippen molar-refractivity contribution in [2.75, 3.05) is 5.73 Å². The molecule has 1 aliphatic rings. The molecule has 21 heavy (non-hydrogen) atoms. The largest absolute Gasteiger partial charge is 0.397 e. The lowest BCUT2D eigenvalue weighted by Gasteiger charge is -2.23. The SMILES string of the molecule is Nc1cc(C(=O)NC2CCCc3sccc32)cc(Cl)c1Cl. The maximum absolute atomic E-state index is 12.4. The summed E-state index contributed by atoms with van der Waals surface area (Å²) >= 11 is 13.6. The molecule has 1 atom stereocenters. The Morgan fingerprint density at radius 2 is 2.19 bits per heavy atom. The molecule has 2 aromatic rings. The van der Waals surface area contributed by atoms with Gasteiger partial charge in [0.25, 0.3) is 5.91 Å². The average molecular weight is 341 g/mol. The van der Waals surface area contributed by atoms with Gasteiger partial charge in [0.05, 0.1) is 21.8 Å². The number of nitrogen functional groups attached to an aromatic ring is 1. The van der Waals surface area contributed by atoms with Crippen LogP contribution in [-0.4, -0.2) is 5.91 Å². The first kappa shape index (κ1) is 14.7. The molecular weight excluding hydrogens is 327 g/mol. The molecule has 0 aliphatic heterocycles. The zero-order chi connectivity index (χ0) is 15.0. The van der Waals surface area contributed by atoms with Gasteiger partial charge < -0.3 is 11.1 Å². The molecule has 6 heteroatoms. The number of aryl methyl sites for hydroxylation is 1. The van der Waals surface area contributed by atoms with Crippen LogP contribution in [0.25, 0.3) is 0 Å². The normalized spacial score (nSPS) is 17.3. The Bertz CT molecular complexity index is 676. The number of nitrogens with one attached hydrogen (secondary N) is 1. The summed E-state index contributed by atoms with van der Waals surface area (Å²) in [5, 5.41) is 5.71. The number of nitrogens with two attached hydrogens (primary N) is 1. The number of fused-ring (bicyclic) bond motifs is 1. The lowest BCUT2D eigenvalue weighted by molar-refractivity contribution is 0.0933. The van der Waals surface area contributed by atoms with Gasteiger partial charge in [-0.1, -0.05) is 23.2 Å².